The molecule has 8 heteroatoms. The zero-order chi connectivity index (χ0) is 12.8. The molecule has 0 aliphatic carbocycles. The minimum Gasteiger partial charge on any atom is -0.397 e. The van der Waals surface area contributed by atoms with Gasteiger partial charge in [0.05, 0.1) is 11.2 Å². The van der Waals surface area contributed by atoms with E-state index in [0.29, 0.717) is 4.47 Å². The number of hydrogen-bond acceptors (Lipinski definition) is 2. The van der Waals surface area contributed by atoms with Crippen LogP contribution < -0.4 is 5.73 Å². The van der Waals surface area contributed by atoms with E-state index < -0.39 is 18.2 Å². The lowest BCUT2D eigenvalue weighted by Crippen LogP contribution is -2.25. The number of aromatic amines is 1. The molecule has 0 amide bonds. The highest BCUT2D eigenvalue weighted by atomic mass is 79.9. The number of fused-ring (bicyclic) bond motifs is 1. The molecule has 0 bridgehead atoms. The highest BCUT2D eigenvalue weighted by molar-refractivity contribution is 9.10. The third-order valence-electron chi connectivity index (χ3n) is 2.17. The minimum atomic E-state index is -4.32. The Hall–Kier alpha value is -1.31. The Balaban J connectivity index is 2.63. The summed E-state index contributed by atoms with van der Waals surface area (Å²) in [5, 5.41) is 0. The predicted octanol–water partition coefficient (Wildman–Crippen LogP) is 3.26. The summed E-state index contributed by atoms with van der Waals surface area (Å²) < 4.78 is 51.0. The molecule has 2 rings (SSSR count). The molecule has 92 valence electrons. The fourth-order valence-electron chi connectivity index (χ4n) is 1.37. The predicted molar refractivity (Wildman–Crippen MR) is 58.1 cm³/mol. The molecule has 0 unspecified atom stereocenters. The first-order valence-electron chi connectivity index (χ1n) is 4.43. The molecule has 0 fully saturated rings. The van der Waals surface area contributed by atoms with Gasteiger partial charge < -0.3 is 10.7 Å². The monoisotopic (exact) mass is 311 g/mol. The summed E-state index contributed by atoms with van der Waals surface area (Å²) in [6.45, 7) is 0. The van der Waals surface area contributed by atoms with Crippen LogP contribution in [0.4, 0.5) is 23.2 Å². The number of nitrogens with zero attached hydrogens (tertiary/aromatic N) is 1. The van der Waals surface area contributed by atoms with Crippen LogP contribution in [0.25, 0.3) is 11.0 Å². The van der Waals surface area contributed by atoms with Crippen molar-refractivity contribution in [2.24, 2.45) is 0 Å². The summed E-state index contributed by atoms with van der Waals surface area (Å²) in [6, 6.07) is 2.89. The number of halogens is 5. The zero-order valence-corrected chi connectivity index (χ0v) is 9.73. The first kappa shape index (κ1) is 12.2. The number of nitrogen functional groups attached to an aromatic ring is 1. The van der Waals surface area contributed by atoms with Crippen LogP contribution in [0.2, 0.25) is 0 Å². The Morgan fingerprint density at radius 1 is 1.35 bits per heavy atom. The van der Waals surface area contributed by atoms with E-state index in [1.165, 1.54) is 12.1 Å². The molecule has 0 radical (unpaired) electrons. The van der Waals surface area contributed by atoms with Crippen molar-refractivity contribution < 1.29 is 17.6 Å². The molecule has 0 spiro atoms. The number of benzene rings is 1. The molecule has 0 aliphatic heterocycles. The van der Waals surface area contributed by atoms with Gasteiger partial charge in [0.2, 0.25) is 0 Å². The number of hydrogen-bond donors (Lipinski definition) is 2. The van der Waals surface area contributed by atoms with Crippen molar-refractivity contribution in [2.75, 3.05) is 5.73 Å². The Labute approximate surface area is 101 Å². The lowest BCUT2D eigenvalue weighted by molar-refractivity contribution is -0.140. The maximum Gasteiger partial charge on any atom is 0.363 e. The Morgan fingerprint density at radius 2 is 2.00 bits per heavy atom. The van der Waals surface area contributed by atoms with Crippen LogP contribution in [-0.4, -0.2) is 16.4 Å². The molecule has 17 heavy (non-hydrogen) atoms. The van der Waals surface area contributed by atoms with E-state index in [1.807, 2.05) is 0 Å². The summed E-state index contributed by atoms with van der Waals surface area (Å²) in [6.07, 6.45) is -3.83. The van der Waals surface area contributed by atoms with Gasteiger partial charge in [-0.25, -0.2) is 13.8 Å². The van der Waals surface area contributed by atoms with E-state index in [0.717, 1.165) is 0 Å². The van der Waals surface area contributed by atoms with Gasteiger partial charge in [0.25, 0.3) is 0 Å². The molecule has 1 aromatic heterocycles. The smallest absolute Gasteiger partial charge is 0.363 e. The maximum absolute atomic E-state index is 13.1. The molecule has 0 saturated heterocycles. The number of anilines is 1. The fourth-order valence-corrected chi connectivity index (χ4v) is 1.84. The average Bonchev–Trinajstić information content (AvgIpc) is 2.61. The molecule has 3 nitrogen and oxygen atoms in total. The zero-order valence-electron chi connectivity index (χ0n) is 8.15. The van der Waals surface area contributed by atoms with Gasteiger partial charge in [0.15, 0.2) is 5.82 Å². The molecule has 3 N–H and O–H groups in total. The number of rotatable bonds is 2. The molecule has 2 aromatic rings. The number of nitrogens with one attached hydrogen (secondary N) is 1. The summed E-state index contributed by atoms with van der Waals surface area (Å²) in [7, 11) is 0. The van der Waals surface area contributed by atoms with Gasteiger partial charge in [-0.15, -0.1) is 0 Å². The number of H-pyrrole nitrogens is 1. The Morgan fingerprint density at radius 3 is 2.59 bits per heavy atom. The number of aromatic nitrogens is 2. The fraction of sp³-hybridized carbons (Fsp3) is 0.222. The molecule has 0 atom stereocenters. The summed E-state index contributed by atoms with van der Waals surface area (Å²) in [5.41, 5.74) is 5.89. The number of imidazole rings is 1. The van der Waals surface area contributed by atoms with Crippen LogP contribution in [0.3, 0.4) is 0 Å². The normalized spacial score (nSPS) is 12.6. The van der Waals surface area contributed by atoms with Crippen LogP contribution in [0.5, 0.6) is 0 Å². The van der Waals surface area contributed by atoms with Gasteiger partial charge >= 0.3 is 12.3 Å². The second-order valence-corrected chi connectivity index (χ2v) is 4.32. The first-order valence-corrected chi connectivity index (χ1v) is 5.23. The van der Waals surface area contributed by atoms with Crippen molar-refractivity contribution >= 4 is 32.7 Å². The van der Waals surface area contributed by atoms with Gasteiger partial charge in [-0.2, -0.15) is 8.78 Å². The second-order valence-electron chi connectivity index (χ2n) is 3.40. The number of alkyl halides is 4. The van der Waals surface area contributed by atoms with E-state index in [9.17, 15) is 17.6 Å². The minimum absolute atomic E-state index is 0.0449. The van der Waals surface area contributed by atoms with E-state index in [2.05, 4.69) is 25.9 Å². The third-order valence-corrected chi connectivity index (χ3v) is 2.63. The number of nitrogens with two attached hydrogens (primary N) is 1. The lowest BCUT2D eigenvalue weighted by Gasteiger charge is -2.11. The molecular formula is C9H6BrF4N3. The van der Waals surface area contributed by atoms with Crippen molar-refractivity contribution in [3.8, 4) is 0 Å². The maximum atomic E-state index is 13.1. The van der Waals surface area contributed by atoms with Gasteiger partial charge in [-0.1, -0.05) is 15.9 Å². The van der Waals surface area contributed by atoms with Gasteiger partial charge in [-0.3, -0.25) is 0 Å². The van der Waals surface area contributed by atoms with Crippen molar-refractivity contribution in [1.82, 2.24) is 9.97 Å². The quantitative estimate of drug-likeness (QED) is 0.660. The van der Waals surface area contributed by atoms with Crippen molar-refractivity contribution in [2.45, 2.75) is 12.3 Å². The van der Waals surface area contributed by atoms with E-state index in [-0.39, 0.29) is 16.7 Å². The Bertz CT molecular complexity index is 567. The SMILES string of the molecule is Nc1cc(Br)cc2[nH]c(C(F)(F)C(F)F)nc12. The summed E-state index contributed by atoms with van der Waals surface area (Å²) in [4.78, 5) is 5.56. The second kappa shape index (κ2) is 3.86. The summed E-state index contributed by atoms with van der Waals surface area (Å²) in [5.74, 6) is -5.41. The van der Waals surface area contributed by atoms with Crippen molar-refractivity contribution in [3.05, 3.63) is 22.4 Å². The lowest BCUT2D eigenvalue weighted by atomic mass is 10.3. The van der Waals surface area contributed by atoms with E-state index in [4.69, 9.17) is 5.73 Å². The van der Waals surface area contributed by atoms with Crippen LogP contribution in [0.1, 0.15) is 5.82 Å². The van der Waals surface area contributed by atoms with Crippen LogP contribution >= 0.6 is 15.9 Å². The average molecular weight is 312 g/mol. The highest BCUT2D eigenvalue weighted by Crippen LogP contribution is 2.35. The van der Waals surface area contributed by atoms with Gasteiger partial charge in [-0.05, 0) is 12.1 Å². The third kappa shape index (κ3) is 1.97. The van der Waals surface area contributed by atoms with Crippen LogP contribution in [0.15, 0.2) is 16.6 Å². The summed E-state index contributed by atoms with van der Waals surface area (Å²) >= 11 is 3.11. The van der Waals surface area contributed by atoms with E-state index >= 15 is 0 Å². The first-order chi connectivity index (χ1) is 7.82. The molecule has 0 saturated carbocycles. The van der Waals surface area contributed by atoms with Crippen molar-refractivity contribution in [3.63, 3.8) is 0 Å². The van der Waals surface area contributed by atoms with E-state index in [1.54, 1.807) is 0 Å². The van der Waals surface area contributed by atoms with Gasteiger partial charge in [0.1, 0.15) is 5.52 Å². The largest absolute Gasteiger partial charge is 0.397 e. The molecule has 1 aromatic carbocycles. The Kier molecular flexibility index (Phi) is 2.76. The topological polar surface area (TPSA) is 54.7 Å². The van der Waals surface area contributed by atoms with Crippen molar-refractivity contribution in [1.29, 1.82) is 0 Å². The standard InChI is InChI=1S/C9H6BrF4N3/c10-3-1-4(15)6-5(2-3)16-8(17-6)9(13,14)7(11)12/h1-2,7H,15H2,(H,16,17). The molecular weight excluding hydrogens is 306 g/mol. The van der Waals surface area contributed by atoms with Gasteiger partial charge in [0, 0.05) is 4.47 Å². The van der Waals surface area contributed by atoms with Crippen LogP contribution in [-0.2, 0) is 5.92 Å². The van der Waals surface area contributed by atoms with Crippen LogP contribution in [0, 0.1) is 0 Å². The highest BCUT2D eigenvalue weighted by Gasteiger charge is 2.45. The molecule has 1 heterocycles. The molecule has 0 aliphatic rings.